The lowest BCUT2D eigenvalue weighted by Crippen LogP contribution is -2.43. The molecule has 204 valence electrons. The molecule has 5 aromatic carbocycles. The first kappa shape index (κ1) is 24.4. The van der Waals surface area contributed by atoms with Crippen LogP contribution in [0.25, 0.3) is 43.1 Å². The molecule has 0 aliphatic carbocycles. The van der Waals surface area contributed by atoms with Gasteiger partial charge in [0.05, 0.1) is 0 Å². The quantitative estimate of drug-likeness (QED) is 0.162. The summed E-state index contributed by atoms with van der Waals surface area (Å²) in [6.07, 6.45) is 4.42. The van der Waals surface area contributed by atoms with Gasteiger partial charge in [-0.25, -0.2) is 0 Å². The van der Waals surface area contributed by atoms with Crippen molar-refractivity contribution < 1.29 is 19.2 Å². The fourth-order valence-electron chi connectivity index (χ4n) is 7.56. The predicted octanol–water partition coefficient (Wildman–Crippen LogP) is 5.82. The Bertz CT molecular complexity index is 1890. The first-order valence-electron chi connectivity index (χ1n) is 14.5. The van der Waals surface area contributed by atoms with Crippen molar-refractivity contribution in [3.63, 3.8) is 0 Å². The van der Waals surface area contributed by atoms with Crippen LogP contribution < -0.4 is 0 Å². The smallest absolute Gasteiger partial charge is 0.261 e. The summed E-state index contributed by atoms with van der Waals surface area (Å²) in [6.45, 7) is 4.61. The van der Waals surface area contributed by atoms with E-state index < -0.39 is 0 Å². The summed E-state index contributed by atoms with van der Waals surface area (Å²) < 4.78 is 0. The third kappa shape index (κ3) is 3.18. The molecule has 8 rings (SSSR count). The molecule has 3 aliphatic heterocycles. The Morgan fingerprint density at radius 1 is 0.610 bits per heavy atom. The lowest BCUT2D eigenvalue weighted by atomic mass is 9.82. The molecule has 1 atom stereocenters. The molecular formula is C34H29N3O4. The summed E-state index contributed by atoms with van der Waals surface area (Å²) in [5.74, 6) is -1.11. The Morgan fingerprint density at radius 3 is 1.54 bits per heavy atom. The van der Waals surface area contributed by atoms with Crippen molar-refractivity contribution in [3.05, 3.63) is 70.8 Å². The van der Waals surface area contributed by atoms with Crippen LogP contribution in [0.4, 0.5) is 0 Å². The lowest BCUT2D eigenvalue weighted by molar-refractivity contribution is 0.0593. The van der Waals surface area contributed by atoms with E-state index >= 15 is 0 Å². The highest BCUT2D eigenvalue weighted by molar-refractivity contribution is 6.41. The van der Waals surface area contributed by atoms with Crippen LogP contribution in [0.3, 0.4) is 0 Å². The summed E-state index contributed by atoms with van der Waals surface area (Å²) in [6, 6.07) is 15.6. The van der Waals surface area contributed by atoms with Gasteiger partial charge in [-0.3, -0.25) is 29.0 Å². The van der Waals surface area contributed by atoms with Gasteiger partial charge >= 0.3 is 0 Å². The number of fused-ring (bicyclic) bond motifs is 2. The molecule has 0 N–H and O–H groups in total. The van der Waals surface area contributed by atoms with Crippen molar-refractivity contribution in [1.82, 2.24) is 14.7 Å². The molecule has 0 saturated carbocycles. The van der Waals surface area contributed by atoms with Gasteiger partial charge in [0, 0.05) is 59.2 Å². The van der Waals surface area contributed by atoms with Crippen LogP contribution in [0.2, 0.25) is 0 Å². The van der Waals surface area contributed by atoms with E-state index in [0.29, 0.717) is 45.6 Å². The number of amides is 4. The number of hydrogen-bond donors (Lipinski definition) is 0. The van der Waals surface area contributed by atoms with E-state index in [9.17, 15) is 19.2 Å². The van der Waals surface area contributed by atoms with Crippen LogP contribution in [0, 0.1) is 0 Å². The number of rotatable bonds is 4. The molecule has 7 heteroatoms. The minimum absolute atomic E-state index is 0.242. The second kappa shape index (κ2) is 8.57. The Morgan fingerprint density at radius 2 is 1.07 bits per heavy atom. The largest absolute Gasteiger partial charge is 0.301 e. The number of piperidine rings is 1. The zero-order valence-electron chi connectivity index (χ0n) is 23.1. The summed E-state index contributed by atoms with van der Waals surface area (Å²) in [5.41, 5.74) is 2.12. The van der Waals surface area contributed by atoms with Crippen molar-refractivity contribution in [1.29, 1.82) is 0 Å². The highest BCUT2D eigenvalue weighted by Crippen LogP contribution is 2.46. The second-order valence-corrected chi connectivity index (χ2v) is 11.8. The van der Waals surface area contributed by atoms with E-state index in [-0.39, 0.29) is 23.6 Å². The molecule has 3 aliphatic rings. The van der Waals surface area contributed by atoms with Gasteiger partial charge < -0.3 is 4.90 Å². The second-order valence-electron chi connectivity index (χ2n) is 11.8. The summed E-state index contributed by atoms with van der Waals surface area (Å²) in [5, 5.41) is 6.74. The van der Waals surface area contributed by atoms with Crippen molar-refractivity contribution >= 4 is 66.7 Å². The molecule has 1 fully saturated rings. The molecule has 41 heavy (non-hydrogen) atoms. The first-order chi connectivity index (χ1) is 19.9. The molecule has 1 unspecified atom stereocenters. The molecule has 5 aromatic rings. The maximum absolute atomic E-state index is 13.8. The predicted molar refractivity (Wildman–Crippen MR) is 159 cm³/mol. The molecule has 3 heterocycles. The molecule has 0 bridgehead atoms. The number of hydrogen-bond acceptors (Lipinski definition) is 5. The van der Waals surface area contributed by atoms with Gasteiger partial charge in [0.15, 0.2) is 0 Å². The zero-order chi connectivity index (χ0) is 28.2. The Kier molecular flexibility index (Phi) is 5.11. The Hall–Kier alpha value is -4.36. The molecule has 4 amide bonds. The molecule has 0 spiro atoms. The SMILES string of the molecule is CC1CCCCN1CCCN1C(=O)c2ccc3c4ccc5c6c(ccc(c7ccc(c2c37)C1=O)c64)C(=O)N(C)C5=O. The number of benzene rings is 5. The maximum atomic E-state index is 13.8. The van der Waals surface area contributed by atoms with E-state index in [1.54, 1.807) is 12.1 Å². The summed E-state index contributed by atoms with van der Waals surface area (Å²) in [7, 11) is 1.51. The number of carbonyl (C=O) groups excluding carboxylic acids is 4. The van der Waals surface area contributed by atoms with Crippen LogP contribution in [0.5, 0.6) is 0 Å². The van der Waals surface area contributed by atoms with Crippen molar-refractivity contribution in [2.24, 2.45) is 0 Å². The van der Waals surface area contributed by atoms with E-state index in [2.05, 4.69) is 11.8 Å². The third-order valence-corrected chi connectivity index (χ3v) is 9.69. The van der Waals surface area contributed by atoms with Crippen LogP contribution in [-0.4, -0.2) is 71.1 Å². The highest BCUT2D eigenvalue weighted by atomic mass is 16.2. The maximum Gasteiger partial charge on any atom is 0.261 e. The molecule has 1 saturated heterocycles. The average molecular weight is 544 g/mol. The molecule has 0 aromatic heterocycles. The fraction of sp³-hybridized carbons (Fsp3) is 0.294. The van der Waals surface area contributed by atoms with E-state index in [4.69, 9.17) is 0 Å². The van der Waals surface area contributed by atoms with Crippen molar-refractivity contribution in [2.45, 2.75) is 38.6 Å². The Labute approximate surface area is 236 Å². The van der Waals surface area contributed by atoms with E-state index in [0.717, 1.165) is 56.7 Å². The summed E-state index contributed by atoms with van der Waals surface area (Å²) in [4.78, 5) is 58.6. The normalized spacial score (nSPS) is 19.6. The number of nitrogens with zero attached hydrogens (tertiary/aromatic N) is 3. The topological polar surface area (TPSA) is 78.0 Å². The minimum atomic E-state index is -0.312. The van der Waals surface area contributed by atoms with Gasteiger partial charge in [0.2, 0.25) is 0 Å². The lowest BCUT2D eigenvalue weighted by Gasteiger charge is -2.34. The number of likely N-dealkylation sites (tertiary alicyclic amines) is 1. The van der Waals surface area contributed by atoms with Gasteiger partial charge in [0.25, 0.3) is 23.6 Å². The van der Waals surface area contributed by atoms with Gasteiger partial charge in [-0.15, -0.1) is 0 Å². The van der Waals surface area contributed by atoms with Crippen LogP contribution in [0.1, 0.15) is 74.0 Å². The molecule has 7 nitrogen and oxygen atoms in total. The minimum Gasteiger partial charge on any atom is -0.301 e. The molecular weight excluding hydrogens is 514 g/mol. The Balaban J connectivity index is 1.28. The number of imide groups is 2. The number of carbonyl (C=O) groups is 4. The zero-order valence-corrected chi connectivity index (χ0v) is 23.1. The van der Waals surface area contributed by atoms with Crippen LogP contribution in [-0.2, 0) is 0 Å². The third-order valence-electron chi connectivity index (χ3n) is 9.69. The van der Waals surface area contributed by atoms with Gasteiger partial charge in [-0.1, -0.05) is 30.7 Å². The van der Waals surface area contributed by atoms with Gasteiger partial charge in [-0.05, 0) is 89.3 Å². The molecule has 0 radical (unpaired) electrons. The van der Waals surface area contributed by atoms with Crippen molar-refractivity contribution in [2.75, 3.05) is 26.7 Å². The van der Waals surface area contributed by atoms with Crippen LogP contribution in [0.15, 0.2) is 48.5 Å². The van der Waals surface area contributed by atoms with E-state index in [1.807, 2.05) is 36.4 Å². The summed E-state index contributed by atoms with van der Waals surface area (Å²) >= 11 is 0. The van der Waals surface area contributed by atoms with Gasteiger partial charge in [-0.2, -0.15) is 0 Å². The van der Waals surface area contributed by atoms with Crippen molar-refractivity contribution in [3.8, 4) is 0 Å². The first-order valence-corrected chi connectivity index (χ1v) is 14.5. The standard InChI is InChI=1S/C34H29N3O4/c1-18-6-3-4-15-36(18)16-5-17-37-33(40)25-13-9-21-19-7-11-23-29-24(32(39)35(2)31(23)38)12-8-20(27(19)29)22-10-14-26(34(37)41)30(25)28(21)22/h7-14,18H,3-6,15-17H2,1-2H3. The van der Waals surface area contributed by atoms with E-state index in [1.165, 1.54) is 31.2 Å². The average Bonchev–Trinajstić information content (AvgIpc) is 2.99. The van der Waals surface area contributed by atoms with Crippen LogP contribution >= 0.6 is 0 Å². The van der Waals surface area contributed by atoms with Gasteiger partial charge in [0.1, 0.15) is 0 Å². The fourth-order valence-corrected chi connectivity index (χ4v) is 7.56. The highest BCUT2D eigenvalue weighted by Gasteiger charge is 2.36. The monoisotopic (exact) mass is 543 g/mol.